The van der Waals surface area contributed by atoms with Crippen LogP contribution in [-0.4, -0.2) is 19.6 Å². The monoisotopic (exact) mass is 420 g/mol. The average molecular weight is 420 g/mol. The molecule has 1 heterocycles. The van der Waals surface area contributed by atoms with Crippen molar-refractivity contribution in [2.75, 3.05) is 0 Å². The Kier molecular flexibility index (Phi) is 6.49. The minimum absolute atomic E-state index is 0.0802. The molecule has 1 amide bonds. The number of aromatic nitrogens is 3. The molecule has 160 valence electrons. The summed E-state index contributed by atoms with van der Waals surface area (Å²) in [4.78, 5) is 50.5. The van der Waals surface area contributed by atoms with Crippen molar-refractivity contribution in [2.45, 2.75) is 32.6 Å². The van der Waals surface area contributed by atoms with Gasteiger partial charge in [-0.05, 0) is 23.3 Å². The quantitative estimate of drug-likeness (QED) is 0.560. The molecule has 0 aliphatic heterocycles. The van der Waals surface area contributed by atoms with E-state index in [0.717, 1.165) is 30.0 Å². The zero-order valence-corrected chi connectivity index (χ0v) is 17.3. The highest BCUT2D eigenvalue weighted by molar-refractivity contribution is 5.86. The van der Waals surface area contributed by atoms with Crippen LogP contribution in [0.5, 0.6) is 0 Å². The third kappa shape index (κ3) is 4.32. The van der Waals surface area contributed by atoms with Crippen LogP contribution in [0.25, 0.3) is 10.8 Å². The zero-order valence-electron chi connectivity index (χ0n) is 17.3. The number of amides is 1. The molecular weight excluding hydrogens is 396 g/mol. The molecule has 0 saturated carbocycles. The summed E-state index contributed by atoms with van der Waals surface area (Å²) in [6.45, 7) is 8.22. The third-order valence-corrected chi connectivity index (χ3v) is 4.98. The minimum Gasteiger partial charge on any atom is -0.348 e. The highest BCUT2D eigenvalue weighted by Gasteiger charge is 2.18. The van der Waals surface area contributed by atoms with Crippen LogP contribution >= 0.6 is 0 Å². The molecule has 1 N–H and O–H groups in total. The summed E-state index contributed by atoms with van der Waals surface area (Å²) < 4.78 is 2.47. The SMILES string of the molecule is C=CCn1c(=O)n(CC=C)c(=O)n(CC(=O)NC(C)c2cccc3ccccc23)c1=O. The first kappa shape index (κ1) is 21.8. The predicted molar refractivity (Wildman–Crippen MR) is 120 cm³/mol. The van der Waals surface area contributed by atoms with Crippen molar-refractivity contribution >= 4 is 16.7 Å². The molecule has 3 aromatic rings. The van der Waals surface area contributed by atoms with Gasteiger partial charge in [0.1, 0.15) is 6.54 Å². The maximum absolute atomic E-state index is 12.7. The van der Waals surface area contributed by atoms with E-state index >= 15 is 0 Å². The van der Waals surface area contributed by atoms with Crippen molar-refractivity contribution in [3.8, 4) is 0 Å². The molecule has 1 aromatic heterocycles. The van der Waals surface area contributed by atoms with Crippen LogP contribution < -0.4 is 22.4 Å². The fourth-order valence-corrected chi connectivity index (χ4v) is 3.52. The van der Waals surface area contributed by atoms with Crippen molar-refractivity contribution in [3.63, 3.8) is 0 Å². The fourth-order valence-electron chi connectivity index (χ4n) is 3.52. The number of rotatable bonds is 8. The van der Waals surface area contributed by atoms with E-state index in [0.29, 0.717) is 0 Å². The van der Waals surface area contributed by atoms with Gasteiger partial charge in [0.25, 0.3) is 0 Å². The van der Waals surface area contributed by atoms with Crippen LogP contribution in [0.3, 0.4) is 0 Å². The molecule has 0 spiro atoms. The maximum atomic E-state index is 12.7. The van der Waals surface area contributed by atoms with Gasteiger partial charge in [-0.15, -0.1) is 13.2 Å². The van der Waals surface area contributed by atoms with Crippen LogP contribution in [0.1, 0.15) is 18.5 Å². The second-order valence-corrected chi connectivity index (χ2v) is 7.09. The largest absolute Gasteiger partial charge is 0.348 e. The average Bonchev–Trinajstić information content (AvgIpc) is 2.76. The highest BCUT2D eigenvalue weighted by Crippen LogP contribution is 2.23. The number of allylic oxidation sites excluding steroid dienone is 2. The molecule has 0 saturated heterocycles. The van der Waals surface area contributed by atoms with E-state index in [-0.39, 0.29) is 19.1 Å². The van der Waals surface area contributed by atoms with E-state index in [1.807, 2.05) is 49.4 Å². The molecule has 2 aromatic carbocycles. The second-order valence-electron chi connectivity index (χ2n) is 7.09. The Hall–Kier alpha value is -3.94. The van der Waals surface area contributed by atoms with E-state index in [1.165, 1.54) is 12.2 Å². The Morgan fingerprint density at radius 2 is 1.45 bits per heavy atom. The Morgan fingerprint density at radius 3 is 2.06 bits per heavy atom. The van der Waals surface area contributed by atoms with Crippen molar-refractivity contribution in [3.05, 3.63) is 105 Å². The van der Waals surface area contributed by atoms with Gasteiger partial charge in [0.2, 0.25) is 5.91 Å². The van der Waals surface area contributed by atoms with Crippen LogP contribution in [0.2, 0.25) is 0 Å². The second kappa shape index (κ2) is 9.25. The lowest BCUT2D eigenvalue weighted by atomic mass is 10.00. The van der Waals surface area contributed by atoms with E-state index in [4.69, 9.17) is 0 Å². The summed E-state index contributed by atoms with van der Waals surface area (Å²) in [5, 5.41) is 4.88. The summed E-state index contributed by atoms with van der Waals surface area (Å²) >= 11 is 0. The first-order chi connectivity index (χ1) is 14.9. The first-order valence-corrected chi connectivity index (χ1v) is 9.82. The topological polar surface area (TPSA) is 95.1 Å². The normalized spacial score (nSPS) is 11.8. The van der Waals surface area contributed by atoms with Gasteiger partial charge >= 0.3 is 17.1 Å². The molecule has 0 aliphatic carbocycles. The molecule has 0 fully saturated rings. The molecule has 3 rings (SSSR count). The number of benzene rings is 2. The number of hydrogen-bond donors (Lipinski definition) is 1. The van der Waals surface area contributed by atoms with Gasteiger partial charge in [0.05, 0.1) is 19.1 Å². The zero-order chi connectivity index (χ0) is 22.5. The van der Waals surface area contributed by atoms with Crippen LogP contribution in [-0.2, 0) is 24.4 Å². The smallest absolute Gasteiger partial charge is 0.337 e. The van der Waals surface area contributed by atoms with E-state index < -0.39 is 29.5 Å². The minimum atomic E-state index is -0.858. The molecule has 0 radical (unpaired) electrons. The lowest BCUT2D eigenvalue weighted by Gasteiger charge is -2.17. The Balaban J connectivity index is 1.93. The summed E-state index contributed by atoms with van der Waals surface area (Å²) in [6, 6.07) is 13.3. The molecule has 1 unspecified atom stereocenters. The number of fused-ring (bicyclic) bond motifs is 1. The van der Waals surface area contributed by atoms with Gasteiger partial charge < -0.3 is 5.32 Å². The summed E-state index contributed by atoms with van der Waals surface area (Å²) in [5.41, 5.74) is -1.57. The standard InChI is InChI=1S/C23H24N4O4/c1-4-13-25-21(29)26(14-5-2)23(31)27(22(25)30)15-20(28)24-16(3)18-12-8-10-17-9-6-7-11-19(17)18/h4-12,16H,1-2,13-15H2,3H3,(H,24,28). The molecule has 0 bridgehead atoms. The molecular formula is C23H24N4O4. The number of hydrogen-bond acceptors (Lipinski definition) is 4. The molecule has 8 nitrogen and oxygen atoms in total. The van der Waals surface area contributed by atoms with Crippen molar-refractivity contribution in [1.82, 2.24) is 19.0 Å². The number of carbonyl (C=O) groups excluding carboxylic acids is 1. The van der Waals surface area contributed by atoms with E-state index in [1.54, 1.807) is 0 Å². The van der Waals surface area contributed by atoms with Crippen LogP contribution in [0.4, 0.5) is 0 Å². The summed E-state index contributed by atoms with van der Waals surface area (Å²) in [5.74, 6) is -0.520. The van der Waals surface area contributed by atoms with Gasteiger partial charge in [-0.25, -0.2) is 28.1 Å². The van der Waals surface area contributed by atoms with Crippen molar-refractivity contribution in [2.24, 2.45) is 0 Å². The summed E-state index contributed by atoms with van der Waals surface area (Å²) in [6.07, 6.45) is 2.75. The number of carbonyl (C=O) groups is 1. The van der Waals surface area contributed by atoms with Gasteiger partial charge in [0.15, 0.2) is 0 Å². The van der Waals surface area contributed by atoms with Crippen molar-refractivity contribution in [1.29, 1.82) is 0 Å². The van der Waals surface area contributed by atoms with Crippen molar-refractivity contribution < 1.29 is 4.79 Å². The van der Waals surface area contributed by atoms with Gasteiger partial charge in [-0.2, -0.15) is 0 Å². The molecule has 8 heteroatoms. The lowest BCUT2D eigenvalue weighted by Crippen LogP contribution is -2.55. The van der Waals surface area contributed by atoms with Crippen LogP contribution in [0, 0.1) is 0 Å². The predicted octanol–water partition coefficient (Wildman–Crippen LogP) is 1.57. The molecule has 0 aliphatic rings. The van der Waals surface area contributed by atoms with Crippen LogP contribution in [0.15, 0.2) is 82.2 Å². The van der Waals surface area contributed by atoms with Gasteiger partial charge in [-0.1, -0.05) is 54.6 Å². The van der Waals surface area contributed by atoms with Gasteiger partial charge in [0, 0.05) is 0 Å². The summed E-state index contributed by atoms with van der Waals surface area (Å²) in [7, 11) is 0. The Labute approximate surface area is 178 Å². The molecule has 31 heavy (non-hydrogen) atoms. The van der Waals surface area contributed by atoms with Gasteiger partial charge in [-0.3, -0.25) is 4.79 Å². The van der Waals surface area contributed by atoms with E-state index in [2.05, 4.69) is 18.5 Å². The maximum Gasteiger partial charge on any atom is 0.337 e. The van der Waals surface area contributed by atoms with E-state index in [9.17, 15) is 19.2 Å². The molecule has 1 atom stereocenters. The number of nitrogens with zero attached hydrogens (tertiary/aromatic N) is 3. The fraction of sp³-hybridized carbons (Fsp3) is 0.217. The third-order valence-electron chi connectivity index (χ3n) is 4.98. The lowest BCUT2D eigenvalue weighted by molar-refractivity contribution is -0.122. The number of nitrogens with one attached hydrogen (secondary N) is 1. The Morgan fingerprint density at radius 1 is 0.903 bits per heavy atom. The first-order valence-electron chi connectivity index (χ1n) is 9.82. The highest BCUT2D eigenvalue weighted by atomic mass is 16.2. The Bertz CT molecular complexity index is 1280.